The lowest BCUT2D eigenvalue weighted by molar-refractivity contribution is 0.227. The molecule has 82 valence electrons. The molecule has 1 unspecified atom stereocenters. The lowest BCUT2D eigenvalue weighted by Gasteiger charge is -2.30. The third kappa shape index (κ3) is 1.62. The molecule has 0 spiro atoms. The zero-order chi connectivity index (χ0) is 12.0. The van der Waals surface area contributed by atoms with Gasteiger partial charge in [0.2, 0.25) is 0 Å². The van der Waals surface area contributed by atoms with Crippen LogP contribution in [0.1, 0.15) is 18.2 Å². The summed E-state index contributed by atoms with van der Waals surface area (Å²) in [5.74, 6) is 0.834. The summed E-state index contributed by atoms with van der Waals surface area (Å²) in [5, 5.41) is 1.01. The van der Waals surface area contributed by atoms with Crippen molar-refractivity contribution in [3.8, 4) is 5.75 Å². The number of benzene rings is 1. The van der Waals surface area contributed by atoms with Crippen LogP contribution in [-0.4, -0.2) is 18.3 Å². The van der Waals surface area contributed by atoms with E-state index in [-0.39, 0.29) is 0 Å². The molecule has 1 aromatic carbocycles. The van der Waals surface area contributed by atoms with Crippen LogP contribution in [0.15, 0.2) is 30.3 Å². The van der Waals surface area contributed by atoms with Gasteiger partial charge in [0.05, 0.1) is 11.0 Å². The first-order chi connectivity index (χ1) is 8.07. The minimum Gasteiger partial charge on any atom is -0.492 e. The van der Waals surface area contributed by atoms with Crippen LogP contribution in [0.3, 0.4) is 0 Å². The van der Waals surface area contributed by atoms with Crippen LogP contribution in [0.2, 0.25) is 0 Å². The molecular weight excluding hydrogens is 209 g/mol. The molecule has 2 nitrogen and oxygen atoms in total. The molecule has 2 radical (unpaired) electrons. The van der Waals surface area contributed by atoms with Crippen molar-refractivity contribution in [1.82, 2.24) is 4.98 Å². The molecule has 0 aliphatic carbocycles. The molecule has 2 heterocycles. The fourth-order valence-electron chi connectivity index (χ4n) is 2.12. The summed E-state index contributed by atoms with van der Waals surface area (Å²) in [6, 6.07) is 7.95. The maximum absolute atomic E-state index is 6.00. The van der Waals surface area contributed by atoms with Crippen molar-refractivity contribution in [3.05, 3.63) is 41.6 Å². The van der Waals surface area contributed by atoms with Gasteiger partial charge in [0.1, 0.15) is 13.6 Å². The number of pyridine rings is 1. The van der Waals surface area contributed by atoms with Crippen molar-refractivity contribution >= 4 is 24.8 Å². The summed E-state index contributed by atoms with van der Waals surface area (Å²) < 4.78 is 5.86. The van der Waals surface area contributed by atoms with Crippen LogP contribution in [0.4, 0.5) is 0 Å². The minimum absolute atomic E-state index is 0.746. The second-order valence-electron chi connectivity index (χ2n) is 4.58. The largest absolute Gasteiger partial charge is 0.492 e. The SMILES string of the molecule is [B]C1(C)C=Cc2c(C)nc3ccccc3c2O1. The third-order valence-corrected chi connectivity index (χ3v) is 2.97. The van der Waals surface area contributed by atoms with Gasteiger partial charge in [-0.15, -0.1) is 0 Å². The maximum atomic E-state index is 6.00. The van der Waals surface area contributed by atoms with Crippen LogP contribution in [0.5, 0.6) is 5.75 Å². The van der Waals surface area contributed by atoms with E-state index in [0.717, 1.165) is 27.9 Å². The van der Waals surface area contributed by atoms with Crippen LogP contribution >= 0.6 is 0 Å². The first kappa shape index (κ1) is 10.4. The van der Waals surface area contributed by atoms with E-state index in [9.17, 15) is 0 Å². The van der Waals surface area contributed by atoms with Crippen LogP contribution in [0.25, 0.3) is 17.0 Å². The van der Waals surface area contributed by atoms with Gasteiger partial charge >= 0.3 is 0 Å². The summed E-state index contributed by atoms with van der Waals surface area (Å²) in [4.78, 5) is 4.56. The minimum atomic E-state index is -0.746. The normalized spacial score (nSPS) is 22.2. The second kappa shape index (κ2) is 3.36. The second-order valence-corrected chi connectivity index (χ2v) is 4.58. The summed E-state index contributed by atoms with van der Waals surface area (Å²) in [5.41, 5.74) is 2.18. The van der Waals surface area contributed by atoms with Crippen molar-refractivity contribution in [2.24, 2.45) is 0 Å². The molecule has 0 bridgehead atoms. The highest BCUT2D eigenvalue weighted by Crippen LogP contribution is 2.37. The van der Waals surface area contributed by atoms with Gasteiger partial charge in [0.25, 0.3) is 0 Å². The van der Waals surface area contributed by atoms with E-state index in [0.29, 0.717) is 0 Å². The predicted molar refractivity (Wildman–Crippen MR) is 70.3 cm³/mol. The molecule has 17 heavy (non-hydrogen) atoms. The van der Waals surface area contributed by atoms with Crippen molar-refractivity contribution in [2.45, 2.75) is 19.3 Å². The molecule has 3 heteroatoms. The number of ether oxygens (including phenoxy) is 1. The van der Waals surface area contributed by atoms with Gasteiger partial charge in [0.15, 0.2) is 0 Å². The van der Waals surface area contributed by atoms with Crippen molar-refractivity contribution < 1.29 is 4.74 Å². The highest BCUT2D eigenvalue weighted by Gasteiger charge is 2.24. The van der Waals surface area contributed by atoms with Gasteiger partial charge in [-0.2, -0.15) is 0 Å². The summed E-state index contributed by atoms with van der Waals surface area (Å²) >= 11 is 0. The van der Waals surface area contributed by atoms with E-state index in [2.05, 4.69) is 4.98 Å². The zero-order valence-corrected chi connectivity index (χ0v) is 9.90. The molecule has 0 fully saturated rings. The number of hydrogen-bond donors (Lipinski definition) is 0. The molecule has 0 saturated heterocycles. The monoisotopic (exact) mass is 221 g/mol. The fraction of sp³-hybridized carbons (Fsp3) is 0.214. The predicted octanol–water partition coefficient (Wildman–Crippen LogP) is 2.83. The fourth-order valence-corrected chi connectivity index (χ4v) is 2.12. The molecule has 1 atom stereocenters. The lowest BCUT2D eigenvalue weighted by atomic mass is 9.81. The molecule has 1 aliphatic rings. The van der Waals surface area contributed by atoms with Gasteiger partial charge in [-0.25, -0.2) is 0 Å². The average molecular weight is 221 g/mol. The highest BCUT2D eigenvalue weighted by molar-refractivity contribution is 6.16. The van der Waals surface area contributed by atoms with E-state index in [4.69, 9.17) is 12.6 Å². The Kier molecular flexibility index (Phi) is 2.06. The molecule has 0 saturated carbocycles. The molecule has 0 N–H and O–H groups in total. The molecular formula is C14H12BNO. The first-order valence-electron chi connectivity index (χ1n) is 5.63. The molecule has 1 aliphatic heterocycles. The van der Waals surface area contributed by atoms with E-state index in [1.54, 1.807) is 0 Å². The van der Waals surface area contributed by atoms with E-state index in [1.807, 2.05) is 50.3 Å². The number of aromatic nitrogens is 1. The Labute approximate surface area is 102 Å². The number of hydrogen-bond acceptors (Lipinski definition) is 2. The number of para-hydroxylation sites is 1. The highest BCUT2D eigenvalue weighted by atomic mass is 16.5. The number of nitrogens with zero attached hydrogens (tertiary/aromatic N) is 1. The van der Waals surface area contributed by atoms with Gasteiger partial charge in [0, 0.05) is 16.6 Å². The molecule has 0 amide bonds. The zero-order valence-electron chi connectivity index (χ0n) is 9.90. The van der Waals surface area contributed by atoms with Crippen molar-refractivity contribution in [2.75, 3.05) is 0 Å². The van der Waals surface area contributed by atoms with E-state index >= 15 is 0 Å². The maximum Gasteiger partial charge on any atom is 0.137 e. The quantitative estimate of drug-likeness (QED) is 0.638. The Hall–Kier alpha value is -1.77. The third-order valence-electron chi connectivity index (χ3n) is 2.97. The topological polar surface area (TPSA) is 22.1 Å². The van der Waals surface area contributed by atoms with Crippen LogP contribution in [-0.2, 0) is 0 Å². The Balaban J connectivity index is 2.37. The molecule has 1 aromatic heterocycles. The number of fused-ring (bicyclic) bond motifs is 3. The summed E-state index contributed by atoms with van der Waals surface area (Å²) in [6.07, 6.45) is 3.85. The van der Waals surface area contributed by atoms with Gasteiger partial charge < -0.3 is 4.74 Å². The van der Waals surface area contributed by atoms with Crippen LogP contribution < -0.4 is 4.74 Å². The van der Waals surface area contributed by atoms with Crippen molar-refractivity contribution in [3.63, 3.8) is 0 Å². The van der Waals surface area contributed by atoms with Crippen molar-refractivity contribution in [1.29, 1.82) is 0 Å². The lowest BCUT2D eigenvalue weighted by Crippen LogP contribution is -2.32. The Morgan fingerprint density at radius 3 is 2.88 bits per heavy atom. The smallest absolute Gasteiger partial charge is 0.137 e. The Bertz CT molecular complexity index is 631. The van der Waals surface area contributed by atoms with Crippen LogP contribution in [0, 0.1) is 6.92 Å². The van der Waals surface area contributed by atoms with Gasteiger partial charge in [-0.1, -0.05) is 24.3 Å². The summed E-state index contributed by atoms with van der Waals surface area (Å²) in [6.45, 7) is 3.83. The van der Waals surface area contributed by atoms with E-state index < -0.39 is 5.50 Å². The van der Waals surface area contributed by atoms with Gasteiger partial charge in [-0.3, -0.25) is 4.98 Å². The standard InChI is InChI=1S/C14H12BNO/c1-9-10-7-8-14(2,15)17-13(10)11-5-3-4-6-12(11)16-9/h3-8H,1-2H3. The van der Waals surface area contributed by atoms with E-state index in [1.165, 1.54) is 0 Å². The van der Waals surface area contributed by atoms with Gasteiger partial charge in [-0.05, 0) is 26.0 Å². The first-order valence-corrected chi connectivity index (χ1v) is 5.63. The Morgan fingerprint density at radius 2 is 2.06 bits per heavy atom. The molecule has 3 rings (SSSR count). The Morgan fingerprint density at radius 1 is 1.29 bits per heavy atom. The number of aryl methyl sites for hydroxylation is 1. The molecule has 2 aromatic rings. The summed E-state index contributed by atoms with van der Waals surface area (Å²) in [7, 11) is 6.00. The average Bonchev–Trinajstić information content (AvgIpc) is 2.28. The number of rotatable bonds is 0.